The molecule has 3 rings (SSSR count). The highest BCUT2D eigenvalue weighted by Crippen LogP contribution is 2.14. The lowest BCUT2D eigenvalue weighted by molar-refractivity contribution is -0.917. The summed E-state index contributed by atoms with van der Waals surface area (Å²) in [5.41, 5.74) is 2.23. The van der Waals surface area contributed by atoms with E-state index in [9.17, 15) is 13.2 Å². The summed E-state index contributed by atoms with van der Waals surface area (Å²) in [5.74, 6) is -0.228. The third-order valence-corrected chi connectivity index (χ3v) is 7.14. The predicted molar refractivity (Wildman–Crippen MR) is 110 cm³/mol. The van der Waals surface area contributed by atoms with Crippen molar-refractivity contribution in [2.75, 3.05) is 31.9 Å². The Kier molecular flexibility index (Phi) is 6.75. The molecule has 1 amide bonds. The third-order valence-electron chi connectivity index (χ3n) is 5.16. The lowest BCUT2D eigenvalue weighted by Gasteiger charge is -2.32. The van der Waals surface area contributed by atoms with Crippen molar-refractivity contribution in [3.63, 3.8) is 0 Å². The van der Waals surface area contributed by atoms with Gasteiger partial charge in [0.05, 0.1) is 36.8 Å². The van der Waals surface area contributed by atoms with Gasteiger partial charge in [-0.05, 0) is 31.2 Å². The Labute approximate surface area is 171 Å². The number of nitrogens with one attached hydrogen (secondary N) is 1. The van der Waals surface area contributed by atoms with E-state index >= 15 is 0 Å². The molecule has 1 heterocycles. The Morgan fingerprint density at radius 3 is 2.25 bits per heavy atom. The van der Waals surface area contributed by atoms with Gasteiger partial charge in [0.15, 0.2) is 9.84 Å². The van der Waals surface area contributed by atoms with Crippen LogP contribution < -0.4 is 4.90 Å². The van der Waals surface area contributed by atoms with Crippen LogP contribution in [-0.2, 0) is 21.2 Å². The fourth-order valence-corrected chi connectivity index (χ4v) is 4.74. The topological polar surface area (TPSA) is 58.9 Å². The molecule has 0 bridgehead atoms. The van der Waals surface area contributed by atoms with E-state index < -0.39 is 9.84 Å². The molecule has 0 aromatic heterocycles. The van der Waals surface area contributed by atoms with Crippen molar-refractivity contribution in [3.05, 3.63) is 64.7 Å². The molecule has 1 fully saturated rings. The summed E-state index contributed by atoms with van der Waals surface area (Å²) >= 11 is 5.92. The Morgan fingerprint density at radius 2 is 1.64 bits per heavy atom. The van der Waals surface area contributed by atoms with Crippen molar-refractivity contribution in [2.24, 2.45) is 0 Å². The molecule has 5 nitrogen and oxygen atoms in total. The quantitative estimate of drug-likeness (QED) is 0.772. The molecule has 1 N–H and O–H groups in total. The van der Waals surface area contributed by atoms with E-state index in [1.165, 1.54) is 10.5 Å². The second kappa shape index (κ2) is 9.07. The minimum atomic E-state index is -3.43. The zero-order valence-corrected chi connectivity index (χ0v) is 17.6. The van der Waals surface area contributed by atoms with Gasteiger partial charge in [0, 0.05) is 17.0 Å². The third kappa shape index (κ3) is 5.56. The molecule has 2 aromatic carbocycles. The number of piperazine rings is 1. The largest absolute Gasteiger partial charge is 0.331 e. The van der Waals surface area contributed by atoms with Crippen LogP contribution in [0.4, 0.5) is 0 Å². The van der Waals surface area contributed by atoms with Gasteiger partial charge < -0.3 is 9.80 Å². The summed E-state index contributed by atoms with van der Waals surface area (Å²) in [5, 5.41) is 0.731. The molecule has 0 radical (unpaired) electrons. The molecule has 1 aliphatic rings. The van der Waals surface area contributed by atoms with Gasteiger partial charge in [-0.25, -0.2) is 8.42 Å². The summed E-state index contributed by atoms with van der Waals surface area (Å²) in [7, 11) is -3.43. The minimum Gasteiger partial charge on any atom is -0.331 e. The molecule has 2 aromatic rings. The first kappa shape index (κ1) is 20.8. The Morgan fingerprint density at radius 1 is 1.04 bits per heavy atom. The molecular formula is C21H26ClN2O3S+. The number of carbonyl (C=O) groups is 1. The molecule has 0 saturated carbocycles. The van der Waals surface area contributed by atoms with Crippen molar-refractivity contribution >= 4 is 27.3 Å². The van der Waals surface area contributed by atoms with Crippen LogP contribution in [-0.4, -0.2) is 51.2 Å². The van der Waals surface area contributed by atoms with Crippen molar-refractivity contribution in [3.8, 4) is 0 Å². The highest BCUT2D eigenvalue weighted by atomic mass is 35.5. The van der Waals surface area contributed by atoms with Crippen molar-refractivity contribution in [2.45, 2.75) is 24.8 Å². The maximum absolute atomic E-state index is 12.5. The molecule has 28 heavy (non-hydrogen) atoms. The van der Waals surface area contributed by atoms with Gasteiger partial charge in [0.2, 0.25) is 5.91 Å². The van der Waals surface area contributed by atoms with E-state index in [-0.39, 0.29) is 23.0 Å². The number of hydrogen-bond donors (Lipinski definition) is 1. The van der Waals surface area contributed by atoms with E-state index in [1.807, 2.05) is 31.2 Å². The van der Waals surface area contributed by atoms with Crippen molar-refractivity contribution in [1.82, 2.24) is 4.90 Å². The Bertz CT molecular complexity index is 904. The highest BCUT2D eigenvalue weighted by molar-refractivity contribution is 7.91. The molecule has 7 heteroatoms. The number of amides is 1. The van der Waals surface area contributed by atoms with E-state index in [1.54, 1.807) is 29.2 Å². The first-order valence-electron chi connectivity index (χ1n) is 9.49. The number of nitrogens with zero attached hydrogens (tertiary/aromatic N) is 1. The van der Waals surface area contributed by atoms with Gasteiger partial charge in [-0.1, -0.05) is 41.4 Å². The zero-order valence-electron chi connectivity index (χ0n) is 16.0. The Balaban J connectivity index is 1.47. The van der Waals surface area contributed by atoms with Crippen LogP contribution in [0.25, 0.3) is 0 Å². The van der Waals surface area contributed by atoms with E-state index in [4.69, 9.17) is 11.6 Å². The molecule has 1 saturated heterocycles. The number of carbonyl (C=O) groups excluding carboxylic acids is 1. The maximum atomic E-state index is 12.5. The second-order valence-corrected chi connectivity index (χ2v) is 9.86. The monoisotopic (exact) mass is 421 g/mol. The normalized spacial score (nSPS) is 15.6. The Hall–Kier alpha value is -1.89. The van der Waals surface area contributed by atoms with Gasteiger partial charge in [0.25, 0.3) is 0 Å². The van der Waals surface area contributed by atoms with Gasteiger partial charge in [-0.3, -0.25) is 4.79 Å². The van der Waals surface area contributed by atoms with Crippen molar-refractivity contribution in [1.29, 1.82) is 0 Å². The minimum absolute atomic E-state index is 0.0305. The van der Waals surface area contributed by atoms with Gasteiger partial charge in [0.1, 0.15) is 6.54 Å². The maximum Gasteiger partial charge on any atom is 0.224 e. The fraction of sp³-hybridized carbons (Fsp3) is 0.381. The van der Waals surface area contributed by atoms with E-state index in [0.717, 1.165) is 30.2 Å². The summed E-state index contributed by atoms with van der Waals surface area (Å²) in [6.45, 7) is 5.85. The van der Waals surface area contributed by atoms with E-state index in [0.29, 0.717) is 13.1 Å². The number of hydrogen-bond acceptors (Lipinski definition) is 3. The first-order chi connectivity index (χ1) is 13.3. The van der Waals surface area contributed by atoms with Gasteiger partial charge in [-0.15, -0.1) is 0 Å². The lowest BCUT2D eigenvalue weighted by Crippen LogP contribution is -3.13. The zero-order chi connectivity index (χ0) is 20.1. The number of quaternary nitrogens is 1. The standard InChI is InChI=1S/C21H25ClN2O3S/c1-17-2-8-20(9-3-17)28(26,27)15-10-21(25)24-13-11-23(12-14-24)16-18-4-6-19(22)7-5-18/h2-9H,10-16H2,1H3/p+1. The molecule has 150 valence electrons. The van der Waals surface area contributed by atoms with Crippen LogP contribution in [0.1, 0.15) is 17.5 Å². The fourth-order valence-electron chi connectivity index (χ4n) is 3.38. The molecule has 0 spiro atoms. The first-order valence-corrected chi connectivity index (χ1v) is 11.5. The van der Waals surface area contributed by atoms with Gasteiger partial charge in [-0.2, -0.15) is 0 Å². The summed E-state index contributed by atoms with van der Waals surface area (Å²) in [6, 6.07) is 14.6. The second-order valence-electron chi connectivity index (χ2n) is 7.32. The van der Waals surface area contributed by atoms with Crippen LogP contribution in [0.15, 0.2) is 53.4 Å². The summed E-state index contributed by atoms with van der Waals surface area (Å²) in [6.07, 6.45) is 0.0305. The number of rotatable bonds is 6. The van der Waals surface area contributed by atoms with Crippen molar-refractivity contribution < 1.29 is 18.1 Å². The summed E-state index contributed by atoms with van der Waals surface area (Å²) in [4.78, 5) is 16.0. The van der Waals surface area contributed by atoms with E-state index in [2.05, 4.69) is 0 Å². The number of benzene rings is 2. The van der Waals surface area contributed by atoms with Crippen LogP contribution >= 0.6 is 11.6 Å². The molecule has 0 unspecified atom stereocenters. The lowest BCUT2D eigenvalue weighted by atomic mass is 10.2. The molecule has 0 atom stereocenters. The van der Waals surface area contributed by atoms with Gasteiger partial charge >= 0.3 is 0 Å². The molecular weight excluding hydrogens is 396 g/mol. The molecule has 1 aliphatic heterocycles. The SMILES string of the molecule is Cc1ccc(S(=O)(=O)CCC(=O)N2CC[NH+](Cc3ccc(Cl)cc3)CC2)cc1. The summed E-state index contributed by atoms with van der Waals surface area (Å²) < 4.78 is 24.9. The molecule has 0 aliphatic carbocycles. The van der Waals surface area contributed by atoms with Crippen LogP contribution in [0.3, 0.4) is 0 Å². The average Bonchev–Trinajstić information content (AvgIpc) is 2.69. The van der Waals surface area contributed by atoms with Crippen LogP contribution in [0.2, 0.25) is 5.02 Å². The number of halogens is 1. The number of aryl methyl sites for hydroxylation is 1. The number of sulfone groups is 1. The average molecular weight is 422 g/mol. The predicted octanol–water partition coefficient (Wildman–Crippen LogP) is 1.74. The highest BCUT2D eigenvalue weighted by Gasteiger charge is 2.25. The van der Waals surface area contributed by atoms with Crippen LogP contribution in [0.5, 0.6) is 0 Å². The van der Waals surface area contributed by atoms with Crippen LogP contribution in [0, 0.1) is 6.92 Å². The smallest absolute Gasteiger partial charge is 0.224 e.